The molecule has 178 valence electrons. The smallest absolute Gasteiger partial charge is 0.251 e. The van der Waals surface area contributed by atoms with Gasteiger partial charge in [-0.05, 0) is 56.4 Å². The third-order valence-corrected chi connectivity index (χ3v) is 5.36. The molecule has 0 unspecified atom stereocenters. The van der Waals surface area contributed by atoms with Gasteiger partial charge in [0, 0.05) is 31.4 Å². The maximum atomic E-state index is 12.2. The molecule has 3 aromatic rings. The lowest BCUT2D eigenvalue weighted by molar-refractivity contribution is 0.0951. The van der Waals surface area contributed by atoms with Crippen molar-refractivity contribution in [1.82, 2.24) is 20.2 Å². The standard InChI is InChI=1S/C26H27N7O2/c1-33(2)16-15-28-24(34)19-9-7-18(8-10-19)11-13-29-26-30-14-12-21(32-26)20(17-27)25-31-22-5-3-4-6-23(22)35-25/h3-10,12,14,31H,11,13,15-16H2,1-2H3,(H,28,34)(H,29,30,32)/b25-20-. The molecule has 0 saturated carbocycles. The van der Waals surface area contributed by atoms with Crippen molar-refractivity contribution < 1.29 is 9.53 Å². The summed E-state index contributed by atoms with van der Waals surface area (Å²) in [5.74, 6) is 1.36. The monoisotopic (exact) mass is 469 g/mol. The predicted octanol–water partition coefficient (Wildman–Crippen LogP) is 3.12. The number of hydrogen-bond donors (Lipinski definition) is 3. The number of nitrogens with zero attached hydrogens (tertiary/aromatic N) is 4. The number of amides is 1. The van der Waals surface area contributed by atoms with E-state index in [1.165, 1.54) is 0 Å². The van der Waals surface area contributed by atoms with Crippen molar-refractivity contribution in [2.75, 3.05) is 44.4 Å². The Morgan fingerprint density at radius 1 is 1.11 bits per heavy atom. The van der Waals surface area contributed by atoms with Crippen molar-refractivity contribution in [3.63, 3.8) is 0 Å². The molecular formula is C26H27N7O2. The zero-order valence-corrected chi connectivity index (χ0v) is 19.7. The van der Waals surface area contributed by atoms with Crippen LogP contribution in [0.4, 0.5) is 11.6 Å². The number of fused-ring (bicyclic) bond motifs is 1. The molecule has 1 aromatic heterocycles. The minimum absolute atomic E-state index is 0.0759. The van der Waals surface area contributed by atoms with Crippen LogP contribution in [0.15, 0.2) is 66.7 Å². The van der Waals surface area contributed by atoms with E-state index in [4.69, 9.17) is 4.74 Å². The maximum Gasteiger partial charge on any atom is 0.251 e. The summed E-state index contributed by atoms with van der Waals surface area (Å²) in [6, 6.07) is 18.9. The molecule has 2 aromatic carbocycles. The molecule has 0 radical (unpaired) electrons. The van der Waals surface area contributed by atoms with E-state index in [9.17, 15) is 10.1 Å². The number of anilines is 2. The van der Waals surface area contributed by atoms with E-state index in [0.29, 0.717) is 47.5 Å². The summed E-state index contributed by atoms with van der Waals surface area (Å²) in [6.07, 6.45) is 2.33. The van der Waals surface area contributed by atoms with Crippen molar-refractivity contribution in [2.45, 2.75) is 6.42 Å². The number of rotatable bonds is 9. The van der Waals surface area contributed by atoms with Crippen LogP contribution in [0.25, 0.3) is 5.57 Å². The van der Waals surface area contributed by atoms with Gasteiger partial charge in [-0.3, -0.25) is 4.79 Å². The molecule has 9 heteroatoms. The SMILES string of the molecule is CN(C)CCNC(=O)c1ccc(CCNc2nccc(/C(C#N)=C3/Nc4ccccc4O3)n2)cc1. The molecule has 4 rings (SSSR count). The molecule has 1 amide bonds. The van der Waals surface area contributed by atoms with E-state index in [0.717, 1.165) is 24.2 Å². The van der Waals surface area contributed by atoms with Gasteiger partial charge in [-0.2, -0.15) is 5.26 Å². The average Bonchev–Trinajstić information content (AvgIpc) is 3.29. The first kappa shape index (κ1) is 23.7. The lowest BCUT2D eigenvalue weighted by Gasteiger charge is -2.11. The first-order valence-electron chi connectivity index (χ1n) is 11.3. The molecule has 0 spiro atoms. The molecule has 0 saturated heterocycles. The van der Waals surface area contributed by atoms with E-state index >= 15 is 0 Å². The van der Waals surface area contributed by atoms with Gasteiger partial charge in [0.2, 0.25) is 11.8 Å². The molecular weight excluding hydrogens is 442 g/mol. The fourth-order valence-corrected chi connectivity index (χ4v) is 3.47. The maximum absolute atomic E-state index is 12.2. The van der Waals surface area contributed by atoms with Crippen molar-refractivity contribution >= 4 is 23.1 Å². The topological polar surface area (TPSA) is 115 Å². The summed E-state index contributed by atoms with van der Waals surface area (Å²) in [7, 11) is 3.94. The van der Waals surface area contributed by atoms with Gasteiger partial charge < -0.3 is 25.6 Å². The highest BCUT2D eigenvalue weighted by Gasteiger charge is 2.22. The van der Waals surface area contributed by atoms with Gasteiger partial charge in [-0.15, -0.1) is 0 Å². The number of nitrogens with one attached hydrogen (secondary N) is 3. The molecule has 1 aliphatic heterocycles. The average molecular weight is 470 g/mol. The number of nitriles is 1. The quantitative estimate of drug-likeness (QED) is 0.410. The Labute approximate surface area is 204 Å². The van der Waals surface area contributed by atoms with Crippen LogP contribution in [0.3, 0.4) is 0 Å². The lowest BCUT2D eigenvalue weighted by Crippen LogP contribution is -2.31. The van der Waals surface area contributed by atoms with E-state index < -0.39 is 0 Å². The zero-order chi connectivity index (χ0) is 24.6. The fraction of sp³-hybridized carbons (Fsp3) is 0.231. The van der Waals surface area contributed by atoms with Crippen LogP contribution < -0.4 is 20.7 Å². The highest BCUT2D eigenvalue weighted by molar-refractivity contribution is 5.94. The fourth-order valence-electron chi connectivity index (χ4n) is 3.47. The first-order valence-corrected chi connectivity index (χ1v) is 11.3. The Morgan fingerprint density at radius 3 is 2.66 bits per heavy atom. The second-order valence-electron chi connectivity index (χ2n) is 8.24. The van der Waals surface area contributed by atoms with Crippen molar-refractivity contribution in [3.8, 4) is 11.8 Å². The summed E-state index contributed by atoms with van der Waals surface area (Å²) in [4.78, 5) is 23.0. The van der Waals surface area contributed by atoms with E-state index in [-0.39, 0.29) is 5.91 Å². The Balaban J connectivity index is 1.33. The summed E-state index contributed by atoms with van der Waals surface area (Å²) in [6.45, 7) is 2.00. The molecule has 0 aliphatic carbocycles. The first-order chi connectivity index (χ1) is 17.0. The Morgan fingerprint density at radius 2 is 1.91 bits per heavy atom. The number of carbonyl (C=O) groups excluding carboxylic acids is 1. The number of ether oxygens (including phenoxy) is 1. The molecule has 0 fully saturated rings. The number of likely N-dealkylation sites (N-methyl/N-ethyl adjacent to an activating group) is 1. The third-order valence-electron chi connectivity index (χ3n) is 5.36. The summed E-state index contributed by atoms with van der Waals surface area (Å²) >= 11 is 0. The number of allylic oxidation sites excluding steroid dienone is 1. The number of hydrogen-bond acceptors (Lipinski definition) is 8. The Bertz CT molecular complexity index is 1240. The minimum Gasteiger partial charge on any atom is -0.437 e. The number of para-hydroxylation sites is 2. The molecule has 9 nitrogen and oxygen atoms in total. The van der Waals surface area contributed by atoms with Gasteiger partial charge in [-0.1, -0.05) is 24.3 Å². The highest BCUT2D eigenvalue weighted by Crippen LogP contribution is 2.35. The molecule has 3 N–H and O–H groups in total. The summed E-state index contributed by atoms with van der Waals surface area (Å²) in [5, 5.41) is 19.0. The third kappa shape index (κ3) is 6.13. The number of benzene rings is 2. The Kier molecular flexibility index (Phi) is 7.55. The molecule has 2 heterocycles. The molecule has 1 aliphatic rings. The molecule has 0 atom stereocenters. The van der Waals surface area contributed by atoms with Crippen LogP contribution >= 0.6 is 0 Å². The van der Waals surface area contributed by atoms with Gasteiger partial charge in [0.05, 0.1) is 11.4 Å². The summed E-state index contributed by atoms with van der Waals surface area (Å²) < 4.78 is 5.79. The second-order valence-corrected chi connectivity index (χ2v) is 8.24. The highest BCUT2D eigenvalue weighted by atomic mass is 16.5. The van der Waals surface area contributed by atoms with Gasteiger partial charge >= 0.3 is 0 Å². The summed E-state index contributed by atoms with van der Waals surface area (Å²) in [5.41, 5.74) is 3.29. The predicted molar refractivity (Wildman–Crippen MR) is 135 cm³/mol. The van der Waals surface area contributed by atoms with E-state index in [2.05, 4.69) is 32.0 Å². The van der Waals surface area contributed by atoms with Crippen LogP contribution in [0.1, 0.15) is 21.6 Å². The number of carbonyl (C=O) groups is 1. The van der Waals surface area contributed by atoms with Crippen molar-refractivity contribution in [2.24, 2.45) is 0 Å². The largest absolute Gasteiger partial charge is 0.437 e. The second kappa shape index (κ2) is 11.1. The van der Waals surface area contributed by atoms with Gasteiger partial charge in [0.1, 0.15) is 11.6 Å². The normalized spacial score (nSPS) is 13.3. The zero-order valence-electron chi connectivity index (χ0n) is 19.7. The van der Waals surface area contributed by atoms with E-state index in [1.807, 2.05) is 67.5 Å². The van der Waals surface area contributed by atoms with E-state index in [1.54, 1.807) is 12.3 Å². The van der Waals surface area contributed by atoms with Crippen molar-refractivity contribution in [3.05, 3.63) is 83.5 Å². The van der Waals surface area contributed by atoms with Crippen LogP contribution in [0.5, 0.6) is 5.75 Å². The number of aromatic nitrogens is 2. The van der Waals surface area contributed by atoms with Crippen LogP contribution in [0, 0.1) is 11.3 Å². The van der Waals surface area contributed by atoms with Gasteiger partial charge in [0.25, 0.3) is 5.91 Å². The van der Waals surface area contributed by atoms with Crippen LogP contribution in [0.2, 0.25) is 0 Å². The molecule has 35 heavy (non-hydrogen) atoms. The van der Waals surface area contributed by atoms with Gasteiger partial charge in [-0.25, -0.2) is 9.97 Å². The van der Waals surface area contributed by atoms with Crippen LogP contribution in [-0.2, 0) is 6.42 Å². The van der Waals surface area contributed by atoms with Gasteiger partial charge in [0.15, 0.2) is 5.75 Å². The van der Waals surface area contributed by atoms with Crippen LogP contribution in [-0.4, -0.2) is 54.5 Å². The molecule has 0 bridgehead atoms. The Hall–Kier alpha value is -4.42. The lowest BCUT2D eigenvalue weighted by atomic mass is 10.1. The minimum atomic E-state index is -0.0759. The van der Waals surface area contributed by atoms with Crippen molar-refractivity contribution in [1.29, 1.82) is 5.26 Å².